The molecule has 0 spiro atoms. The number of Topliss-reactive ketones (excluding diaryl/α,β-unsaturated/α-hetero) is 1. The van der Waals surface area contributed by atoms with E-state index in [1.807, 2.05) is 0 Å². The second kappa shape index (κ2) is 3.94. The van der Waals surface area contributed by atoms with Crippen LogP contribution in [0.1, 0.15) is 9.75 Å². The quantitative estimate of drug-likeness (QED) is 0.887. The van der Waals surface area contributed by atoms with Crippen LogP contribution in [-0.4, -0.2) is 16.0 Å². The topological polar surface area (TPSA) is 66.8 Å². The lowest BCUT2D eigenvalue weighted by Gasteiger charge is -2.19. The van der Waals surface area contributed by atoms with Crippen LogP contribution in [0.25, 0.3) is 5.76 Å². The lowest BCUT2D eigenvalue weighted by Crippen LogP contribution is -2.33. The van der Waals surface area contributed by atoms with Gasteiger partial charge in [0.1, 0.15) is 0 Å². The van der Waals surface area contributed by atoms with Crippen LogP contribution in [0.5, 0.6) is 0 Å². The minimum absolute atomic E-state index is 0.0332. The molecule has 4 nitrogen and oxygen atoms in total. The average molecular weight is 280 g/mol. The molecule has 92 valence electrons. The molecule has 2 aromatic heterocycles. The van der Waals surface area contributed by atoms with Crippen molar-refractivity contribution in [3.05, 3.63) is 50.5 Å². The van der Waals surface area contributed by atoms with Crippen molar-refractivity contribution in [2.24, 2.45) is 0 Å². The van der Waals surface area contributed by atoms with Gasteiger partial charge in [-0.3, -0.25) is 4.79 Å². The molecule has 0 aliphatic carbocycles. The van der Waals surface area contributed by atoms with Gasteiger partial charge in [-0.2, -0.15) is 0 Å². The predicted octanol–water partition coefficient (Wildman–Crippen LogP) is 2.48. The highest BCUT2D eigenvalue weighted by atomic mass is 32.1. The number of aliphatic hydroxyl groups is 2. The Hall–Kier alpha value is -1.63. The minimum Gasteiger partial charge on any atom is -0.502 e. The van der Waals surface area contributed by atoms with Gasteiger partial charge in [0.05, 0.1) is 9.75 Å². The van der Waals surface area contributed by atoms with E-state index in [0.29, 0.717) is 9.75 Å². The Morgan fingerprint density at radius 2 is 1.89 bits per heavy atom. The van der Waals surface area contributed by atoms with Gasteiger partial charge in [0, 0.05) is 0 Å². The molecule has 0 bridgehead atoms. The Kier molecular flexibility index (Phi) is 2.51. The van der Waals surface area contributed by atoms with E-state index >= 15 is 0 Å². The van der Waals surface area contributed by atoms with Gasteiger partial charge in [-0.15, -0.1) is 22.7 Å². The summed E-state index contributed by atoms with van der Waals surface area (Å²) in [4.78, 5) is 12.9. The van der Waals surface area contributed by atoms with Crippen molar-refractivity contribution in [3.63, 3.8) is 0 Å². The van der Waals surface area contributed by atoms with Gasteiger partial charge >= 0.3 is 5.79 Å². The van der Waals surface area contributed by atoms with Gasteiger partial charge < -0.3 is 14.9 Å². The molecular weight excluding hydrogens is 272 g/mol. The van der Waals surface area contributed by atoms with Crippen LogP contribution in [0, 0.1) is 0 Å². The fourth-order valence-corrected chi connectivity index (χ4v) is 3.18. The standard InChI is InChI=1S/C12H8O4S2/c13-9-10(7-3-1-5-17-7)16-12(15,11(9)14)8-4-2-6-18-8/h1-6,13,15H. The number of hydrogen-bond acceptors (Lipinski definition) is 6. The van der Waals surface area contributed by atoms with Gasteiger partial charge in [-0.05, 0) is 22.9 Å². The van der Waals surface area contributed by atoms with Crippen LogP contribution in [0.4, 0.5) is 0 Å². The van der Waals surface area contributed by atoms with E-state index in [1.54, 1.807) is 35.0 Å². The SMILES string of the molecule is O=C1C(O)=C(c2cccs2)OC1(O)c1cccs1. The molecule has 3 heterocycles. The molecule has 0 aromatic carbocycles. The fourth-order valence-electron chi connectivity index (χ4n) is 1.71. The highest BCUT2D eigenvalue weighted by molar-refractivity contribution is 7.11. The number of carbonyl (C=O) groups excluding carboxylic acids is 1. The number of ether oxygens (including phenoxy) is 1. The largest absolute Gasteiger partial charge is 0.502 e. The van der Waals surface area contributed by atoms with Crippen LogP contribution < -0.4 is 0 Å². The maximum atomic E-state index is 12.0. The average Bonchev–Trinajstić information content (AvgIpc) is 3.06. The van der Waals surface area contributed by atoms with Crippen LogP contribution in [0.15, 0.2) is 40.8 Å². The maximum Gasteiger partial charge on any atom is 0.313 e. The Morgan fingerprint density at radius 3 is 2.50 bits per heavy atom. The summed E-state index contributed by atoms with van der Waals surface area (Å²) in [5.41, 5.74) is 0. The normalized spacial score (nSPS) is 23.5. The molecule has 2 N–H and O–H groups in total. The Labute approximate surface area is 110 Å². The number of aliphatic hydroxyl groups excluding tert-OH is 1. The molecule has 1 aliphatic heterocycles. The van der Waals surface area contributed by atoms with Gasteiger partial charge in [-0.25, -0.2) is 0 Å². The van der Waals surface area contributed by atoms with Crippen molar-refractivity contribution in [2.45, 2.75) is 5.79 Å². The summed E-state index contributed by atoms with van der Waals surface area (Å²) in [6, 6.07) is 6.78. The zero-order chi connectivity index (χ0) is 12.8. The van der Waals surface area contributed by atoms with E-state index < -0.39 is 17.3 Å². The monoisotopic (exact) mass is 280 g/mol. The van der Waals surface area contributed by atoms with Crippen molar-refractivity contribution in [3.8, 4) is 0 Å². The van der Waals surface area contributed by atoms with Crippen molar-refractivity contribution in [1.82, 2.24) is 0 Å². The minimum atomic E-state index is -2.10. The maximum absolute atomic E-state index is 12.0. The summed E-state index contributed by atoms with van der Waals surface area (Å²) < 4.78 is 5.32. The predicted molar refractivity (Wildman–Crippen MR) is 68.2 cm³/mol. The summed E-state index contributed by atoms with van der Waals surface area (Å²) in [6.45, 7) is 0. The van der Waals surface area contributed by atoms with E-state index in [0.717, 1.165) is 0 Å². The summed E-state index contributed by atoms with van der Waals surface area (Å²) in [6.07, 6.45) is 0. The van der Waals surface area contributed by atoms with Crippen molar-refractivity contribution in [1.29, 1.82) is 0 Å². The van der Waals surface area contributed by atoms with E-state index in [1.165, 1.54) is 22.7 Å². The molecular formula is C12H8O4S2. The Balaban J connectivity index is 2.05. The number of ketones is 1. The summed E-state index contributed by atoms with van der Waals surface area (Å²) >= 11 is 2.52. The first-order chi connectivity index (χ1) is 8.63. The molecule has 0 saturated heterocycles. The van der Waals surface area contributed by atoms with E-state index in [9.17, 15) is 15.0 Å². The molecule has 0 radical (unpaired) electrons. The first-order valence-electron chi connectivity index (χ1n) is 5.10. The molecule has 1 atom stereocenters. The number of thiophene rings is 2. The second-order valence-electron chi connectivity index (χ2n) is 3.71. The van der Waals surface area contributed by atoms with E-state index in [4.69, 9.17) is 4.74 Å². The number of rotatable bonds is 2. The lowest BCUT2D eigenvalue weighted by atomic mass is 10.1. The number of carbonyl (C=O) groups is 1. The van der Waals surface area contributed by atoms with E-state index in [-0.39, 0.29) is 5.76 Å². The molecule has 0 saturated carbocycles. The third-order valence-corrected chi connectivity index (χ3v) is 4.42. The van der Waals surface area contributed by atoms with Crippen LogP contribution in [0.2, 0.25) is 0 Å². The molecule has 3 rings (SSSR count). The Morgan fingerprint density at radius 1 is 1.17 bits per heavy atom. The molecule has 6 heteroatoms. The van der Waals surface area contributed by atoms with Crippen LogP contribution >= 0.6 is 22.7 Å². The molecule has 0 fully saturated rings. The van der Waals surface area contributed by atoms with Crippen molar-refractivity contribution >= 4 is 34.2 Å². The van der Waals surface area contributed by atoms with Gasteiger partial charge in [0.15, 0.2) is 5.76 Å². The first-order valence-corrected chi connectivity index (χ1v) is 6.86. The molecule has 0 amide bonds. The smallest absolute Gasteiger partial charge is 0.313 e. The van der Waals surface area contributed by atoms with Gasteiger partial charge in [0.25, 0.3) is 5.78 Å². The van der Waals surface area contributed by atoms with E-state index in [2.05, 4.69) is 0 Å². The van der Waals surface area contributed by atoms with Gasteiger partial charge in [0.2, 0.25) is 5.76 Å². The zero-order valence-electron chi connectivity index (χ0n) is 8.99. The second-order valence-corrected chi connectivity index (χ2v) is 5.60. The molecule has 1 unspecified atom stereocenters. The first kappa shape index (κ1) is 11.5. The van der Waals surface area contributed by atoms with Crippen LogP contribution in [0.3, 0.4) is 0 Å². The Bertz CT molecular complexity index is 613. The lowest BCUT2D eigenvalue weighted by molar-refractivity contribution is -0.173. The fraction of sp³-hybridized carbons (Fsp3) is 0.0833. The van der Waals surface area contributed by atoms with Crippen molar-refractivity contribution < 1.29 is 19.7 Å². The molecule has 18 heavy (non-hydrogen) atoms. The molecule has 2 aromatic rings. The summed E-state index contributed by atoms with van der Waals surface area (Å²) in [5.74, 6) is -3.43. The van der Waals surface area contributed by atoms with Crippen molar-refractivity contribution in [2.75, 3.05) is 0 Å². The summed E-state index contributed by atoms with van der Waals surface area (Å²) in [5, 5.41) is 23.6. The highest BCUT2D eigenvalue weighted by Gasteiger charge is 2.51. The third-order valence-electron chi connectivity index (χ3n) is 2.59. The zero-order valence-corrected chi connectivity index (χ0v) is 10.6. The summed E-state index contributed by atoms with van der Waals surface area (Å²) in [7, 11) is 0. The van der Waals surface area contributed by atoms with Gasteiger partial charge in [-0.1, -0.05) is 12.1 Å². The van der Waals surface area contributed by atoms with Crippen LogP contribution in [-0.2, 0) is 15.3 Å². The highest BCUT2D eigenvalue weighted by Crippen LogP contribution is 2.42. The molecule has 1 aliphatic rings. The number of hydrogen-bond donors (Lipinski definition) is 2. The third kappa shape index (κ3) is 1.50.